The Morgan fingerprint density at radius 3 is 3.05 bits per heavy atom. The van der Waals surface area contributed by atoms with E-state index in [1.54, 1.807) is 0 Å². The van der Waals surface area contributed by atoms with Gasteiger partial charge in [0.15, 0.2) is 0 Å². The number of pyridine rings is 1. The Balaban J connectivity index is 1.66. The highest BCUT2D eigenvalue weighted by atomic mass is 16.2. The Bertz CT molecular complexity index is 687. The fraction of sp³-hybridized carbons (Fsp3) is 0.375. The van der Waals surface area contributed by atoms with E-state index in [0.717, 1.165) is 49.3 Å². The standard InChI is InChI=1S/C16H18N4O/c21-16-15-11-17-5-6-19(15)7-8-20(16)13-9-12-3-1-2-4-14(12)18-10-13/h1-4,9-10,15,17H,5-8,11H2/t15-/m1/s1. The molecule has 108 valence electrons. The van der Waals surface area contributed by atoms with Gasteiger partial charge in [-0.05, 0) is 12.1 Å². The van der Waals surface area contributed by atoms with Crippen molar-refractivity contribution in [3.05, 3.63) is 36.5 Å². The van der Waals surface area contributed by atoms with Crippen molar-refractivity contribution < 1.29 is 4.79 Å². The summed E-state index contributed by atoms with van der Waals surface area (Å²) in [5, 5.41) is 4.39. The molecule has 4 rings (SSSR count). The number of aromatic nitrogens is 1. The fourth-order valence-electron chi connectivity index (χ4n) is 3.24. The number of amides is 1. The van der Waals surface area contributed by atoms with Crippen molar-refractivity contribution in [3.63, 3.8) is 0 Å². The van der Waals surface area contributed by atoms with Crippen molar-refractivity contribution in [3.8, 4) is 0 Å². The first-order valence-electron chi connectivity index (χ1n) is 7.44. The molecule has 3 heterocycles. The predicted octanol–water partition coefficient (Wildman–Crippen LogP) is 0.855. The summed E-state index contributed by atoms with van der Waals surface area (Å²) in [6.07, 6.45) is 1.81. The summed E-state index contributed by atoms with van der Waals surface area (Å²) in [6, 6.07) is 10.0. The highest BCUT2D eigenvalue weighted by molar-refractivity contribution is 5.99. The van der Waals surface area contributed by atoms with Crippen molar-refractivity contribution >= 4 is 22.5 Å². The number of carbonyl (C=O) groups excluding carboxylic acids is 1. The zero-order valence-corrected chi connectivity index (χ0v) is 11.8. The Morgan fingerprint density at radius 2 is 2.10 bits per heavy atom. The normalized spacial score (nSPS) is 23.3. The maximum absolute atomic E-state index is 12.7. The van der Waals surface area contributed by atoms with Crippen molar-refractivity contribution in [2.45, 2.75) is 6.04 Å². The van der Waals surface area contributed by atoms with Gasteiger partial charge < -0.3 is 10.2 Å². The molecule has 0 bridgehead atoms. The molecule has 0 radical (unpaired) electrons. The first-order chi connectivity index (χ1) is 10.3. The van der Waals surface area contributed by atoms with Gasteiger partial charge in [0.05, 0.1) is 17.4 Å². The minimum absolute atomic E-state index is 0.0287. The molecule has 0 spiro atoms. The summed E-state index contributed by atoms with van der Waals surface area (Å²) in [4.78, 5) is 21.3. The Kier molecular flexibility index (Phi) is 3.09. The molecular formula is C16H18N4O. The molecule has 1 N–H and O–H groups in total. The van der Waals surface area contributed by atoms with Crippen LogP contribution in [0.25, 0.3) is 10.9 Å². The third-order valence-corrected chi connectivity index (χ3v) is 4.40. The molecule has 2 saturated heterocycles. The monoisotopic (exact) mass is 282 g/mol. The number of rotatable bonds is 1. The van der Waals surface area contributed by atoms with Crippen LogP contribution in [0.15, 0.2) is 36.5 Å². The van der Waals surface area contributed by atoms with Crippen LogP contribution in [0, 0.1) is 0 Å². The van der Waals surface area contributed by atoms with E-state index < -0.39 is 0 Å². The third-order valence-electron chi connectivity index (χ3n) is 4.40. The zero-order chi connectivity index (χ0) is 14.2. The lowest BCUT2D eigenvalue weighted by Gasteiger charge is -2.43. The Morgan fingerprint density at radius 1 is 1.19 bits per heavy atom. The van der Waals surface area contributed by atoms with Crippen LogP contribution < -0.4 is 10.2 Å². The Hall–Kier alpha value is -1.98. The minimum atomic E-state index is -0.0287. The quantitative estimate of drug-likeness (QED) is 0.842. The van der Waals surface area contributed by atoms with E-state index in [1.165, 1.54) is 0 Å². The van der Waals surface area contributed by atoms with Gasteiger partial charge in [0.2, 0.25) is 5.91 Å². The van der Waals surface area contributed by atoms with Crippen LogP contribution in [0.5, 0.6) is 0 Å². The van der Waals surface area contributed by atoms with Crippen molar-refractivity contribution in [2.75, 3.05) is 37.6 Å². The number of para-hydroxylation sites is 1. The molecule has 1 aromatic heterocycles. The topological polar surface area (TPSA) is 48.5 Å². The largest absolute Gasteiger partial charge is 0.313 e. The molecule has 1 aromatic carbocycles. The van der Waals surface area contributed by atoms with Crippen LogP contribution in [-0.2, 0) is 4.79 Å². The second kappa shape index (κ2) is 5.09. The molecule has 2 aliphatic rings. The lowest BCUT2D eigenvalue weighted by atomic mass is 10.1. The van der Waals surface area contributed by atoms with E-state index in [-0.39, 0.29) is 11.9 Å². The lowest BCUT2D eigenvalue weighted by molar-refractivity contribution is -0.126. The maximum Gasteiger partial charge on any atom is 0.245 e. The van der Waals surface area contributed by atoms with Crippen molar-refractivity contribution in [1.29, 1.82) is 0 Å². The molecule has 21 heavy (non-hydrogen) atoms. The molecular weight excluding hydrogens is 264 g/mol. The average molecular weight is 282 g/mol. The summed E-state index contributed by atoms with van der Waals surface area (Å²) in [5.41, 5.74) is 1.87. The predicted molar refractivity (Wildman–Crippen MR) is 82.3 cm³/mol. The molecule has 5 heteroatoms. The van der Waals surface area contributed by atoms with Gasteiger partial charge in [-0.1, -0.05) is 18.2 Å². The van der Waals surface area contributed by atoms with Crippen LogP contribution >= 0.6 is 0 Å². The fourth-order valence-corrected chi connectivity index (χ4v) is 3.24. The minimum Gasteiger partial charge on any atom is -0.313 e. The lowest BCUT2D eigenvalue weighted by Crippen LogP contribution is -2.64. The summed E-state index contributed by atoms with van der Waals surface area (Å²) >= 11 is 0. The number of fused-ring (bicyclic) bond motifs is 2. The second-order valence-electron chi connectivity index (χ2n) is 5.63. The first-order valence-corrected chi connectivity index (χ1v) is 7.44. The van der Waals surface area contributed by atoms with Gasteiger partial charge >= 0.3 is 0 Å². The molecule has 1 atom stereocenters. The van der Waals surface area contributed by atoms with Crippen LogP contribution in [0.3, 0.4) is 0 Å². The summed E-state index contributed by atoms with van der Waals surface area (Å²) in [5.74, 6) is 0.186. The zero-order valence-electron chi connectivity index (χ0n) is 11.8. The van der Waals surface area contributed by atoms with E-state index >= 15 is 0 Å². The summed E-state index contributed by atoms with van der Waals surface area (Å²) in [6.45, 7) is 4.36. The molecule has 0 saturated carbocycles. The molecule has 1 amide bonds. The molecule has 0 unspecified atom stereocenters. The summed E-state index contributed by atoms with van der Waals surface area (Å²) < 4.78 is 0. The van der Waals surface area contributed by atoms with Crippen LogP contribution in [0.4, 0.5) is 5.69 Å². The number of anilines is 1. The molecule has 2 aromatic rings. The van der Waals surface area contributed by atoms with Gasteiger partial charge in [-0.2, -0.15) is 0 Å². The van der Waals surface area contributed by atoms with E-state index in [2.05, 4.69) is 21.3 Å². The van der Waals surface area contributed by atoms with Gasteiger partial charge in [0, 0.05) is 38.1 Å². The third kappa shape index (κ3) is 2.18. The highest BCUT2D eigenvalue weighted by Crippen LogP contribution is 2.23. The number of nitrogens with one attached hydrogen (secondary N) is 1. The first kappa shape index (κ1) is 12.7. The molecule has 2 aliphatic heterocycles. The smallest absolute Gasteiger partial charge is 0.245 e. The van der Waals surface area contributed by atoms with E-state index in [9.17, 15) is 4.79 Å². The van der Waals surface area contributed by atoms with E-state index in [4.69, 9.17) is 0 Å². The van der Waals surface area contributed by atoms with Gasteiger partial charge in [-0.3, -0.25) is 14.7 Å². The number of benzene rings is 1. The SMILES string of the molecule is O=C1[C@H]2CNCCN2CCN1c1cnc2ccccc2c1. The van der Waals surface area contributed by atoms with Crippen LogP contribution in [-0.4, -0.2) is 54.6 Å². The van der Waals surface area contributed by atoms with Gasteiger partial charge in [-0.25, -0.2) is 0 Å². The van der Waals surface area contributed by atoms with Crippen LogP contribution in [0.1, 0.15) is 0 Å². The average Bonchev–Trinajstić information content (AvgIpc) is 2.55. The number of hydrogen-bond acceptors (Lipinski definition) is 4. The summed E-state index contributed by atoms with van der Waals surface area (Å²) in [7, 11) is 0. The molecule has 0 aliphatic carbocycles. The van der Waals surface area contributed by atoms with E-state index in [0.29, 0.717) is 0 Å². The highest BCUT2D eigenvalue weighted by Gasteiger charge is 2.36. The number of piperazine rings is 2. The number of carbonyl (C=O) groups is 1. The second-order valence-corrected chi connectivity index (χ2v) is 5.63. The van der Waals surface area contributed by atoms with E-state index in [1.807, 2.05) is 35.4 Å². The van der Waals surface area contributed by atoms with Crippen molar-refractivity contribution in [2.24, 2.45) is 0 Å². The molecule has 2 fully saturated rings. The van der Waals surface area contributed by atoms with Crippen LogP contribution in [0.2, 0.25) is 0 Å². The van der Waals surface area contributed by atoms with Gasteiger partial charge in [-0.15, -0.1) is 0 Å². The van der Waals surface area contributed by atoms with Crippen molar-refractivity contribution in [1.82, 2.24) is 15.2 Å². The Labute approximate surface area is 123 Å². The van der Waals surface area contributed by atoms with Gasteiger partial charge in [0.1, 0.15) is 6.04 Å². The number of hydrogen-bond donors (Lipinski definition) is 1. The number of nitrogens with zero attached hydrogens (tertiary/aromatic N) is 3. The maximum atomic E-state index is 12.7. The molecule has 5 nitrogen and oxygen atoms in total. The van der Waals surface area contributed by atoms with Gasteiger partial charge in [0.25, 0.3) is 0 Å².